The van der Waals surface area contributed by atoms with Gasteiger partial charge in [0.25, 0.3) is 0 Å². The first-order valence-electron chi connectivity index (χ1n) is 10.5. The largest absolute Gasteiger partial charge is 0.313 e. The van der Waals surface area contributed by atoms with Crippen molar-refractivity contribution in [3.8, 4) is 16.8 Å². The van der Waals surface area contributed by atoms with Crippen LogP contribution in [0.2, 0.25) is 0 Å². The summed E-state index contributed by atoms with van der Waals surface area (Å²) >= 11 is 0. The minimum atomic E-state index is 0.0660. The average Bonchev–Trinajstić information content (AvgIpc) is 3.19. The van der Waals surface area contributed by atoms with Crippen LogP contribution < -0.4 is 0 Å². The van der Waals surface area contributed by atoms with Crippen LogP contribution in [0.3, 0.4) is 0 Å². The summed E-state index contributed by atoms with van der Waals surface area (Å²) in [5.41, 5.74) is 11.7. The van der Waals surface area contributed by atoms with Crippen molar-refractivity contribution >= 4 is 10.9 Å². The van der Waals surface area contributed by atoms with E-state index >= 15 is 0 Å². The van der Waals surface area contributed by atoms with Gasteiger partial charge in [0.1, 0.15) is 0 Å². The average molecular weight is 364 g/mol. The molecule has 138 valence electrons. The van der Waals surface area contributed by atoms with Crippen molar-refractivity contribution in [1.82, 2.24) is 4.57 Å². The summed E-state index contributed by atoms with van der Waals surface area (Å²) in [6, 6.07) is 24.7. The van der Waals surface area contributed by atoms with Gasteiger partial charge in [-0.05, 0) is 71.7 Å². The number of hydrogen-bond donors (Lipinski definition) is 0. The zero-order valence-corrected chi connectivity index (χ0v) is 16.6. The van der Waals surface area contributed by atoms with Crippen molar-refractivity contribution in [3.05, 3.63) is 89.1 Å². The van der Waals surface area contributed by atoms with Crippen LogP contribution in [0.4, 0.5) is 0 Å². The summed E-state index contributed by atoms with van der Waals surface area (Å²) in [6.45, 7) is 4.76. The molecule has 1 aromatic heterocycles. The molecule has 6 rings (SSSR count). The van der Waals surface area contributed by atoms with Crippen molar-refractivity contribution in [1.29, 1.82) is 0 Å². The predicted octanol–water partition coefficient (Wildman–Crippen LogP) is 6.82. The standard InChI is InChI=1S/C27H25N/c1-27(2)21-14-8-6-12-19(21)25-22(27)16-17-24-26(25)20-13-7-9-15-23(20)28(24)18-10-4-3-5-11-18/h3-6,8,10-12,14,16-17H,7,9,13,15H2,1-2H3. The Bertz CT molecular complexity index is 1220. The molecule has 2 aliphatic carbocycles. The van der Waals surface area contributed by atoms with Gasteiger partial charge >= 0.3 is 0 Å². The highest BCUT2D eigenvalue weighted by Gasteiger charge is 2.38. The molecular weight excluding hydrogens is 338 g/mol. The van der Waals surface area contributed by atoms with Crippen molar-refractivity contribution in [2.45, 2.75) is 44.9 Å². The molecule has 0 unspecified atom stereocenters. The molecule has 0 atom stereocenters. The van der Waals surface area contributed by atoms with Crippen molar-refractivity contribution in [3.63, 3.8) is 0 Å². The molecule has 0 saturated heterocycles. The van der Waals surface area contributed by atoms with E-state index in [1.54, 1.807) is 5.56 Å². The lowest BCUT2D eigenvalue weighted by molar-refractivity contribution is 0.660. The highest BCUT2D eigenvalue weighted by Crippen LogP contribution is 2.53. The van der Waals surface area contributed by atoms with E-state index in [1.807, 2.05) is 0 Å². The van der Waals surface area contributed by atoms with Crippen molar-refractivity contribution < 1.29 is 0 Å². The zero-order valence-electron chi connectivity index (χ0n) is 16.6. The van der Waals surface area contributed by atoms with Gasteiger partial charge in [-0.25, -0.2) is 0 Å². The van der Waals surface area contributed by atoms with Gasteiger partial charge in [0, 0.05) is 22.2 Å². The maximum Gasteiger partial charge on any atom is 0.0540 e. The molecule has 0 bridgehead atoms. The molecule has 2 aliphatic rings. The molecule has 0 fully saturated rings. The number of rotatable bonds is 1. The van der Waals surface area contributed by atoms with Crippen LogP contribution in [0.25, 0.3) is 27.7 Å². The molecule has 4 aromatic rings. The van der Waals surface area contributed by atoms with Crippen LogP contribution in [0, 0.1) is 0 Å². The van der Waals surface area contributed by atoms with E-state index in [1.165, 1.54) is 70.2 Å². The fraction of sp³-hybridized carbons (Fsp3) is 0.259. The second-order valence-electron chi connectivity index (χ2n) is 8.86. The van der Waals surface area contributed by atoms with Gasteiger partial charge in [-0.2, -0.15) is 0 Å². The normalized spacial score (nSPS) is 16.6. The van der Waals surface area contributed by atoms with E-state index in [9.17, 15) is 0 Å². The number of hydrogen-bond acceptors (Lipinski definition) is 0. The number of benzene rings is 3. The minimum Gasteiger partial charge on any atom is -0.313 e. The van der Waals surface area contributed by atoms with Gasteiger partial charge < -0.3 is 4.57 Å². The molecule has 0 N–H and O–H groups in total. The molecule has 1 heteroatoms. The van der Waals surface area contributed by atoms with Gasteiger partial charge in [-0.1, -0.05) is 62.4 Å². The molecule has 0 saturated carbocycles. The Morgan fingerprint density at radius 3 is 2.36 bits per heavy atom. The van der Waals surface area contributed by atoms with Crippen molar-refractivity contribution in [2.24, 2.45) is 0 Å². The van der Waals surface area contributed by atoms with Crippen LogP contribution >= 0.6 is 0 Å². The van der Waals surface area contributed by atoms with Gasteiger partial charge in [0.2, 0.25) is 0 Å². The van der Waals surface area contributed by atoms with Gasteiger partial charge in [0.05, 0.1) is 5.52 Å². The molecular formula is C27H25N. The monoisotopic (exact) mass is 363 g/mol. The van der Waals surface area contributed by atoms with E-state index in [2.05, 4.69) is 85.1 Å². The van der Waals surface area contributed by atoms with Gasteiger partial charge in [-0.15, -0.1) is 0 Å². The first kappa shape index (κ1) is 16.2. The first-order chi connectivity index (χ1) is 13.7. The molecule has 28 heavy (non-hydrogen) atoms. The number of nitrogens with zero attached hydrogens (tertiary/aromatic N) is 1. The topological polar surface area (TPSA) is 4.93 Å². The Kier molecular flexibility index (Phi) is 3.24. The fourth-order valence-electron chi connectivity index (χ4n) is 5.70. The molecule has 3 aromatic carbocycles. The summed E-state index contributed by atoms with van der Waals surface area (Å²) in [6.07, 6.45) is 4.97. The summed E-state index contributed by atoms with van der Waals surface area (Å²) in [5, 5.41) is 1.51. The third kappa shape index (κ3) is 1.97. The fourth-order valence-corrected chi connectivity index (χ4v) is 5.70. The first-order valence-corrected chi connectivity index (χ1v) is 10.5. The van der Waals surface area contributed by atoms with Gasteiger partial charge in [-0.3, -0.25) is 0 Å². The SMILES string of the molecule is CC1(C)c2ccccc2-c2c1ccc1c2c2c(n1-c1ccccc1)CCCC2. The van der Waals surface area contributed by atoms with E-state index in [4.69, 9.17) is 0 Å². The summed E-state index contributed by atoms with van der Waals surface area (Å²) in [4.78, 5) is 0. The molecule has 0 radical (unpaired) electrons. The van der Waals surface area contributed by atoms with E-state index in [0.717, 1.165) is 0 Å². The Morgan fingerprint density at radius 2 is 1.50 bits per heavy atom. The number of fused-ring (bicyclic) bond motifs is 7. The highest BCUT2D eigenvalue weighted by atomic mass is 15.0. The summed E-state index contributed by atoms with van der Waals surface area (Å²) in [7, 11) is 0. The molecule has 0 amide bonds. The third-order valence-electron chi connectivity index (χ3n) is 6.99. The lowest BCUT2D eigenvalue weighted by atomic mass is 9.82. The van der Waals surface area contributed by atoms with Crippen LogP contribution in [0.5, 0.6) is 0 Å². The summed E-state index contributed by atoms with van der Waals surface area (Å²) < 4.78 is 2.54. The Hall–Kier alpha value is -2.80. The molecule has 0 spiro atoms. The minimum absolute atomic E-state index is 0.0660. The quantitative estimate of drug-likeness (QED) is 0.350. The van der Waals surface area contributed by atoms with Crippen LogP contribution in [-0.4, -0.2) is 4.57 Å². The number of aryl methyl sites for hydroxylation is 1. The predicted molar refractivity (Wildman–Crippen MR) is 117 cm³/mol. The van der Waals surface area contributed by atoms with Crippen molar-refractivity contribution in [2.75, 3.05) is 0 Å². The van der Waals surface area contributed by atoms with Crippen LogP contribution in [-0.2, 0) is 18.3 Å². The van der Waals surface area contributed by atoms with E-state index in [-0.39, 0.29) is 5.41 Å². The Labute approximate surface area is 166 Å². The van der Waals surface area contributed by atoms with Crippen LogP contribution in [0.1, 0.15) is 49.1 Å². The van der Waals surface area contributed by atoms with E-state index in [0.29, 0.717) is 0 Å². The van der Waals surface area contributed by atoms with Crippen LogP contribution in [0.15, 0.2) is 66.7 Å². The molecule has 1 heterocycles. The lowest BCUT2D eigenvalue weighted by Crippen LogP contribution is -2.14. The number of aromatic nitrogens is 1. The second-order valence-corrected chi connectivity index (χ2v) is 8.86. The maximum atomic E-state index is 2.54. The second kappa shape index (κ2) is 5.61. The maximum absolute atomic E-state index is 2.54. The molecule has 0 aliphatic heterocycles. The number of para-hydroxylation sites is 1. The lowest BCUT2D eigenvalue weighted by Gasteiger charge is -2.21. The van der Waals surface area contributed by atoms with E-state index < -0.39 is 0 Å². The third-order valence-corrected chi connectivity index (χ3v) is 6.99. The Balaban J connectivity index is 1.79. The Morgan fingerprint density at radius 1 is 0.750 bits per heavy atom. The highest BCUT2D eigenvalue weighted by molar-refractivity contribution is 6.05. The smallest absolute Gasteiger partial charge is 0.0540 e. The summed E-state index contributed by atoms with van der Waals surface area (Å²) in [5.74, 6) is 0. The van der Waals surface area contributed by atoms with Gasteiger partial charge in [0.15, 0.2) is 0 Å². The molecule has 1 nitrogen and oxygen atoms in total. The zero-order chi connectivity index (χ0) is 18.9.